The van der Waals surface area contributed by atoms with Gasteiger partial charge < -0.3 is 5.11 Å². The fraction of sp³-hybridized carbons (Fsp3) is 0.222. The topological polar surface area (TPSA) is 86.1 Å². The largest absolute Gasteiger partial charge is 0.477 e. The number of rotatable bonds is 5. The second kappa shape index (κ2) is 5.85. The maximum atomic E-state index is 10.6. The van der Waals surface area contributed by atoms with E-state index in [1.807, 2.05) is 12.2 Å². The van der Waals surface area contributed by atoms with Crippen LogP contribution >= 0.6 is 11.3 Å². The van der Waals surface area contributed by atoms with Gasteiger partial charge in [0, 0.05) is 16.3 Å². The zero-order valence-corrected chi connectivity index (χ0v) is 8.65. The van der Waals surface area contributed by atoms with Gasteiger partial charge in [-0.1, -0.05) is 11.2 Å². The van der Waals surface area contributed by atoms with Crippen LogP contribution in [0.5, 0.6) is 0 Å². The van der Waals surface area contributed by atoms with Crippen molar-refractivity contribution in [2.24, 2.45) is 5.11 Å². The van der Waals surface area contributed by atoms with Crippen LogP contribution in [0.3, 0.4) is 0 Å². The molecule has 0 atom stereocenters. The van der Waals surface area contributed by atoms with E-state index in [0.717, 1.165) is 4.88 Å². The molecule has 0 spiro atoms. The van der Waals surface area contributed by atoms with Gasteiger partial charge in [0.05, 0.1) is 0 Å². The minimum absolute atomic E-state index is 0.324. The normalized spacial score (nSPS) is 10.1. The first-order valence-electron chi connectivity index (χ1n) is 4.24. The van der Waals surface area contributed by atoms with E-state index >= 15 is 0 Å². The molecule has 0 amide bonds. The molecule has 5 nitrogen and oxygen atoms in total. The molecule has 0 aliphatic carbocycles. The summed E-state index contributed by atoms with van der Waals surface area (Å²) in [5.41, 5.74) is 8.02. The molecule has 0 saturated heterocycles. The Bertz CT molecular complexity index is 419. The van der Waals surface area contributed by atoms with Crippen LogP contribution in [0.25, 0.3) is 16.5 Å². The van der Waals surface area contributed by atoms with Crippen molar-refractivity contribution in [1.29, 1.82) is 0 Å². The molecule has 1 aromatic heterocycles. The molecule has 0 fully saturated rings. The van der Waals surface area contributed by atoms with E-state index in [-0.39, 0.29) is 0 Å². The van der Waals surface area contributed by atoms with Gasteiger partial charge in [-0.3, -0.25) is 0 Å². The number of aromatic carboxylic acids is 1. The minimum Gasteiger partial charge on any atom is -0.477 e. The highest BCUT2D eigenvalue weighted by molar-refractivity contribution is 7.14. The lowest BCUT2D eigenvalue weighted by Crippen LogP contribution is -1.89. The Morgan fingerprint density at radius 3 is 3.07 bits per heavy atom. The summed E-state index contributed by atoms with van der Waals surface area (Å²) in [6, 6.07) is 3.32. The zero-order chi connectivity index (χ0) is 11.1. The zero-order valence-electron chi connectivity index (χ0n) is 7.83. The number of hydrogen-bond donors (Lipinski definition) is 1. The molecule has 15 heavy (non-hydrogen) atoms. The van der Waals surface area contributed by atoms with Gasteiger partial charge in [0.2, 0.25) is 0 Å². The number of hydrogen-bond acceptors (Lipinski definition) is 3. The van der Waals surface area contributed by atoms with Crippen molar-refractivity contribution in [1.82, 2.24) is 0 Å². The summed E-state index contributed by atoms with van der Waals surface area (Å²) >= 11 is 1.21. The summed E-state index contributed by atoms with van der Waals surface area (Å²) in [5.74, 6) is -0.909. The van der Waals surface area contributed by atoms with Crippen molar-refractivity contribution in [3.05, 3.63) is 38.4 Å². The van der Waals surface area contributed by atoms with Crippen LogP contribution in [0.15, 0.2) is 23.3 Å². The van der Waals surface area contributed by atoms with Crippen molar-refractivity contribution >= 4 is 23.4 Å². The van der Waals surface area contributed by atoms with Crippen LogP contribution in [0.4, 0.5) is 0 Å². The van der Waals surface area contributed by atoms with Crippen molar-refractivity contribution in [2.45, 2.75) is 6.42 Å². The molecule has 0 unspecified atom stereocenters. The summed E-state index contributed by atoms with van der Waals surface area (Å²) < 4.78 is 0. The Kier molecular flexibility index (Phi) is 4.40. The molecule has 0 radical (unpaired) electrons. The summed E-state index contributed by atoms with van der Waals surface area (Å²) in [7, 11) is 0. The van der Waals surface area contributed by atoms with Gasteiger partial charge in [-0.15, -0.1) is 11.3 Å². The van der Waals surface area contributed by atoms with E-state index in [0.29, 0.717) is 17.8 Å². The molecular formula is C9H9N3O2S. The van der Waals surface area contributed by atoms with Gasteiger partial charge in [-0.2, -0.15) is 0 Å². The van der Waals surface area contributed by atoms with Gasteiger partial charge in [0.1, 0.15) is 4.88 Å². The highest BCUT2D eigenvalue weighted by atomic mass is 32.1. The molecule has 1 heterocycles. The van der Waals surface area contributed by atoms with E-state index in [1.165, 1.54) is 11.3 Å². The fourth-order valence-corrected chi connectivity index (χ4v) is 1.71. The summed E-state index contributed by atoms with van der Waals surface area (Å²) in [5, 5.41) is 12.0. The third-order valence-electron chi connectivity index (χ3n) is 1.58. The van der Waals surface area contributed by atoms with Gasteiger partial charge in [0.15, 0.2) is 0 Å². The van der Waals surface area contributed by atoms with Gasteiger partial charge in [-0.25, -0.2) is 4.79 Å². The van der Waals surface area contributed by atoms with E-state index in [1.54, 1.807) is 12.1 Å². The molecule has 1 N–H and O–H groups in total. The lowest BCUT2D eigenvalue weighted by Gasteiger charge is -1.85. The lowest BCUT2D eigenvalue weighted by molar-refractivity contribution is 0.0702. The lowest BCUT2D eigenvalue weighted by atomic mass is 10.3. The summed E-state index contributed by atoms with van der Waals surface area (Å²) in [4.78, 5) is 14.4. The Labute approximate surface area is 90.3 Å². The quantitative estimate of drug-likeness (QED) is 0.359. The number of thiophene rings is 1. The molecule has 0 aromatic carbocycles. The molecule has 78 valence electrons. The highest BCUT2D eigenvalue weighted by Gasteiger charge is 2.04. The van der Waals surface area contributed by atoms with Crippen LogP contribution in [0, 0.1) is 0 Å². The molecule has 0 aliphatic heterocycles. The Morgan fingerprint density at radius 1 is 1.67 bits per heavy atom. The predicted octanol–water partition coefficient (Wildman–Crippen LogP) is 3.16. The fourth-order valence-electron chi connectivity index (χ4n) is 0.934. The van der Waals surface area contributed by atoms with Gasteiger partial charge in [-0.05, 0) is 30.2 Å². The maximum absolute atomic E-state index is 10.6. The summed E-state index contributed by atoms with van der Waals surface area (Å²) in [6.45, 7) is 0.421. The van der Waals surface area contributed by atoms with Crippen molar-refractivity contribution in [2.75, 3.05) is 6.54 Å². The van der Waals surface area contributed by atoms with Gasteiger partial charge >= 0.3 is 5.97 Å². The highest BCUT2D eigenvalue weighted by Crippen LogP contribution is 2.17. The Balaban J connectivity index is 2.49. The number of carboxylic acids is 1. The maximum Gasteiger partial charge on any atom is 0.345 e. The van der Waals surface area contributed by atoms with E-state index in [4.69, 9.17) is 10.6 Å². The number of nitrogens with zero attached hydrogens (tertiary/aromatic N) is 3. The molecule has 0 saturated carbocycles. The first-order chi connectivity index (χ1) is 7.24. The van der Waals surface area contributed by atoms with Crippen LogP contribution in [-0.4, -0.2) is 17.6 Å². The number of azide groups is 1. The van der Waals surface area contributed by atoms with Crippen LogP contribution in [-0.2, 0) is 0 Å². The molecule has 1 rings (SSSR count). The predicted molar refractivity (Wildman–Crippen MR) is 58.9 cm³/mol. The second-order valence-electron chi connectivity index (χ2n) is 2.65. The molecular weight excluding hydrogens is 214 g/mol. The van der Waals surface area contributed by atoms with E-state index in [9.17, 15) is 4.79 Å². The van der Waals surface area contributed by atoms with E-state index in [2.05, 4.69) is 10.0 Å². The van der Waals surface area contributed by atoms with Crippen molar-refractivity contribution < 1.29 is 9.90 Å². The third kappa shape index (κ3) is 3.84. The van der Waals surface area contributed by atoms with Crippen LogP contribution in [0.2, 0.25) is 0 Å². The van der Waals surface area contributed by atoms with Crippen LogP contribution in [0.1, 0.15) is 21.0 Å². The van der Waals surface area contributed by atoms with Crippen molar-refractivity contribution in [3.8, 4) is 0 Å². The first kappa shape index (κ1) is 11.3. The molecule has 6 heteroatoms. The Hall–Kier alpha value is -1.78. The monoisotopic (exact) mass is 223 g/mol. The average Bonchev–Trinajstić information content (AvgIpc) is 2.66. The smallest absolute Gasteiger partial charge is 0.345 e. The van der Waals surface area contributed by atoms with Gasteiger partial charge in [0.25, 0.3) is 0 Å². The molecule has 0 aliphatic rings. The Morgan fingerprint density at radius 2 is 2.47 bits per heavy atom. The van der Waals surface area contributed by atoms with E-state index < -0.39 is 5.97 Å². The molecule has 0 bridgehead atoms. The number of carbonyl (C=O) groups is 1. The molecule has 1 aromatic rings. The van der Waals surface area contributed by atoms with Crippen molar-refractivity contribution in [3.63, 3.8) is 0 Å². The average molecular weight is 223 g/mol. The number of carboxylic acid groups (broad SMARTS) is 1. The third-order valence-corrected chi connectivity index (χ3v) is 2.62. The minimum atomic E-state index is -0.909. The summed E-state index contributed by atoms with van der Waals surface area (Å²) in [6.07, 6.45) is 4.33. The first-order valence-corrected chi connectivity index (χ1v) is 5.06. The standard InChI is InChI=1S/C9H9N3O2S/c10-12-11-6-2-1-3-7-4-5-8(15-7)9(13)14/h1,3-5H,2,6H2,(H,13,14). The second-order valence-corrected chi connectivity index (χ2v) is 3.77. The van der Waals surface area contributed by atoms with Crippen LogP contribution < -0.4 is 0 Å². The SMILES string of the molecule is [N-]=[N+]=NCCC=Cc1ccc(C(=O)O)s1.